The number of thiophene rings is 1. The molecule has 1 aliphatic rings. The van der Waals surface area contributed by atoms with E-state index in [1.807, 2.05) is 11.4 Å². The van der Waals surface area contributed by atoms with E-state index in [1.54, 1.807) is 11.3 Å². The lowest BCUT2D eigenvalue weighted by Crippen LogP contribution is -2.46. The maximum absolute atomic E-state index is 10.5. The molecule has 1 fully saturated rings. The van der Waals surface area contributed by atoms with Crippen molar-refractivity contribution < 1.29 is 14.6 Å². The summed E-state index contributed by atoms with van der Waals surface area (Å²) < 4.78 is 5.21. The van der Waals surface area contributed by atoms with Crippen molar-refractivity contribution in [3.8, 4) is 0 Å². The third kappa shape index (κ3) is 1.67. The fourth-order valence-corrected chi connectivity index (χ4v) is 2.62. The first kappa shape index (κ1) is 9.68. The van der Waals surface area contributed by atoms with Crippen LogP contribution in [0.4, 0.5) is 0 Å². The van der Waals surface area contributed by atoms with Crippen LogP contribution in [0.2, 0.25) is 0 Å². The maximum atomic E-state index is 10.5. The smallest absolute Gasteiger partial charge is 0.303 e. The molecule has 1 aromatic rings. The SMILES string of the molecule is O=C(O)CCC1(c2cccs2)COC1. The van der Waals surface area contributed by atoms with Crippen molar-refractivity contribution in [3.63, 3.8) is 0 Å². The molecule has 4 heteroatoms. The summed E-state index contributed by atoms with van der Waals surface area (Å²) in [6.45, 7) is 1.33. The summed E-state index contributed by atoms with van der Waals surface area (Å²) in [6.07, 6.45) is 0.907. The molecule has 76 valence electrons. The minimum Gasteiger partial charge on any atom is -0.481 e. The van der Waals surface area contributed by atoms with Gasteiger partial charge in [-0.15, -0.1) is 11.3 Å². The highest BCUT2D eigenvalue weighted by Crippen LogP contribution is 2.39. The predicted molar refractivity (Wildman–Crippen MR) is 53.7 cm³/mol. The zero-order valence-corrected chi connectivity index (χ0v) is 8.55. The number of aliphatic carboxylic acids is 1. The van der Waals surface area contributed by atoms with Crippen LogP contribution in [0, 0.1) is 0 Å². The molecule has 2 heterocycles. The van der Waals surface area contributed by atoms with Crippen molar-refractivity contribution in [2.75, 3.05) is 13.2 Å². The van der Waals surface area contributed by atoms with Crippen LogP contribution in [0.3, 0.4) is 0 Å². The van der Waals surface area contributed by atoms with Crippen molar-refractivity contribution in [3.05, 3.63) is 22.4 Å². The summed E-state index contributed by atoms with van der Waals surface area (Å²) in [5.74, 6) is -0.729. The van der Waals surface area contributed by atoms with Gasteiger partial charge in [-0.2, -0.15) is 0 Å². The quantitative estimate of drug-likeness (QED) is 0.829. The summed E-state index contributed by atoms with van der Waals surface area (Å²) >= 11 is 1.68. The van der Waals surface area contributed by atoms with Crippen molar-refractivity contribution >= 4 is 17.3 Å². The first-order valence-electron chi connectivity index (χ1n) is 4.56. The Morgan fingerprint density at radius 1 is 1.64 bits per heavy atom. The number of rotatable bonds is 4. The number of carboxylic acids is 1. The van der Waals surface area contributed by atoms with E-state index in [1.165, 1.54) is 4.88 Å². The van der Waals surface area contributed by atoms with Crippen LogP contribution in [0.15, 0.2) is 17.5 Å². The summed E-state index contributed by atoms with van der Waals surface area (Å²) in [7, 11) is 0. The van der Waals surface area contributed by atoms with Crippen LogP contribution >= 0.6 is 11.3 Å². The van der Waals surface area contributed by atoms with Gasteiger partial charge >= 0.3 is 5.97 Å². The van der Waals surface area contributed by atoms with E-state index < -0.39 is 5.97 Å². The predicted octanol–water partition coefficient (Wildman–Crippen LogP) is 1.88. The second-order valence-electron chi connectivity index (χ2n) is 3.64. The molecule has 14 heavy (non-hydrogen) atoms. The fraction of sp³-hybridized carbons (Fsp3) is 0.500. The van der Waals surface area contributed by atoms with E-state index in [-0.39, 0.29) is 11.8 Å². The molecule has 1 aliphatic heterocycles. The molecule has 0 spiro atoms. The average molecular weight is 212 g/mol. The van der Waals surface area contributed by atoms with Gasteiger partial charge in [0.05, 0.1) is 18.6 Å². The largest absolute Gasteiger partial charge is 0.481 e. The number of carbonyl (C=O) groups is 1. The Labute approximate surface area is 86.3 Å². The van der Waals surface area contributed by atoms with Gasteiger partial charge in [-0.05, 0) is 17.9 Å². The highest BCUT2D eigenvalue weighted by molar-refractivity contribution is 7.10. The highest BCUT2D eigenvalue weighted by atomic mass is 32.1. The van der Waals surface area contributed by atoms with E-state index in [0.717, 1.165) is 0 Å². The Balaban J connectivity index is 2.07. The van der Waals surface area contributed by atoms with Crippen molar-refractivity contribution in [2.45, 2.75) is 18.3 Å². The molecule has 1 aromatic heterocycles. The number of hydrogen-bond acceptors (Lipinski definition) is 3. The molecule has 3 nitrogen and oxygen atoms in total. The van der Waals surface area contributed by atoms with Crippen LogP contribution in [0.5, 0.6) is 0 Å². The number of hydrogen-bond donors (Lipinski definition) is 1. The van der Waals surface area contributed by atoms with Gasteiger partial charge in [0.1, 0.15) is 0 Å². The van der Waals surface area contributed by atoms with Gasteiger partial charge in [0, 0.05) is 11.3 Å². The second-order valence-corrected chi connectivity index (χ2v) is 4.59. The monoisotopic (exact) mass is 212 g/mol. The van der Waals surface area contributed by atoms with E-state index in [2.05, 4.69) is 6.07 Å². The fourth-order valence-electron chi connectivity index (χ4n) is 1.68. The Morgan fingerprint density at radius 2 is 2.43 bits per heavy atom. The molecule has 2 rings (SSSR count). The van der Waals surface area contributed by atoms with Gasteiger partial charge in [0.2, 0.25) is 0 Å². The summed E-state index contributed by atoms with van der Waals surface area (Å²) in [5, 5.41) is 10.7. The van der Waals surface area contributed by atoms with Crippen LogP contribution in [0.1, 0.15) is 17.7 Å². The molecule has 0 aliphatic carbocycles. The maximum Gasteiger partial charge on any atom is 0.303 e. The minimum absolute atomic E-state index is 0.00738. The molecule has 0 unspecified atom stereocenters. The molecule has 0 amide bonds. The van der Waals surface area contributed by atoms with E-state index >= 15 is 0 Å². The molecule has 1 N–H and O–H groups in total. The van der Waals surface area contributed by atoms with Crippen LogP contribution < -0.4 is 0 Å². The Bertz CT molecular complexity index is 314. The Kier molecular flexibility index (Phi) is 2.56. The van der Waals surface area contributed by atoms with Crippen LogP contribution in [-0.2, 0) is 14.9 Å². The summed E-state index contributed by atoms with van der Waals surface area (Å²) in [6, 6.07) is 4.07. The number of ether oxygens (including phenoxy) is 1. The van der Waals surface area contributed by atoms with E-state index in [4.69, 9.17) is 9.84 Å². The molecular formula is C10H12O3S. The van der Waals surface area contributed by atoms with Gasteiger partial charge in [-0.3, -0.25) is 4.79 Å². The van der Waals surface area contributed by atoms with Gasteiger partial charge in [0.25, 0.3) is 0 Å². The topological polar surface area (TPSA) is 46.5 Å². The van der Waals surface area contributed by atoms with Crippen LogP contribution in [-0.4, -0.2) is 24.3 Å². The van der Waals surface area contributed by atoms with Gasteiger partial charge in [-0.1, -0.05) is 6.07 Å². The number of carboxylic acid groups (broad SMARTS) is 1. The lowest BCUT2D eigenvalue weighted by atomic mass is 9.80. The third-order valence-electron chi connectivity index (χ3n) is 2.62. The lowest BCUT2D eigenvalue weighted by Gasteiger charge is -2.40. The van der Waals surface area contributed by atoms with Gasteiger partial charge in [-0.25, -0.2) is 0 Å². The van der Waals surface area contributed by atoms with E-state index in [9.17, 15) is 4.79 Å². The zero-order valence-electron chi connectivity index (χ0n) is 7.73. The minimum atomic E-state index is -0.729. The molecule has 1 saturated heterocycles. The zero-order chi connectivity index (χ0) is 10.0. The molecule has 0 bridgehead atoms. The average Bonchev–Trinajstić information content (AvgIpc) is 2.55. The van der Waals surface area contributed by atoms with Crippen molar-refractivity contribution in [2.24, 2.45) is 0 Å². The lowest BCUT2D eigenvalue weighted by molar-refractivity contribution is -0.139. The van der Waals surface area contributed by atoms with Crippen molar-refractivity contribution in [1.82, 2.24) is 0 Å². The molecular weight excluding hydrogens is 200 g/mol. The molecule has 0 radical (unpaired) electrons. The third-order valence-corrected chi connectivity index (χ3v) is 3.73. The summed E-state index contributed by atoms with van der Waals surface area (Å²) in [4.78, 5) is 11.8. The first-order valence-corrected chi connectivity index (χ1v) is 5.44. The molecule has 0 aromatic carbocycles. The normalized spacial score (nSPS) is 18.9. The first-order chi connectivity index (χ1) is 6.73. The second kappa shape index (κ2) is 3.71. The highest BCUT2D eigenvalue weighted by Gasteiger charge is 2.41. The van der Waals surface area contributed by atoms with E-state index in [0.29, 0.717) is 19.6 Å². The van der Waals surface area contributed by atoms with Gasteiger partial charge < -0.3 is 9.84 Å². The molecule has 0 saturated carbocycles. The van der Waals surface area contributed by atoms with Crippen molar-refractivity contribution in [1.29, 1.82) is 0 Å². The summed E-state index contributed by atoms with van der Waals surface area (Å²) in [5.41, 5.74) is -0.00738. The Morgan fingerprint density at radius 3 is 2.86 bits per heavy atom. The standard InChI is InChI=1S/C10H12O3S/c11-9(12)3-4-10(6-13-7-10)8-2-1-5-14-8/h1-2,5H,3-4,6-7H2,(H,11,12). The molecule has 0 atom stereocenters. The van der Waals surface area contributed by atoms with Crippen LogP contribution in [0.25, 0.3) is 0 Å². The van der Waals surface area contributed by atoms with Gasteiger partial charge in [0.15, 0.2) is 0 Å². The Hall–Kier alpha value is -0.870.